The molecule has 108 valence electrons. The van der Waals surface area contributed by atoms with Crippen molar-refractivity contribution in [2.75, 3.05) is 5.32 Å². The van der Waals surface area contributed by atoms with Gasteiger partial charge < -0.3 is 10.4 Å². The predicted octanol–water partition coefficient (Wildman–Crippen LogP) is 2.96. The van der Waals surface area contributed by atoms with E-state index in [-0.39, 0.29) is 17.4 Å². The van der Waals surface area contributed by atoms with E-state index in [4.69, 9.17) is 5.11 Å². The van der Waals surface area contributed by atoms with Crippen molar-refractivity contribution in [3.05, 3.63) is 58.3 Å². The fraction of sp³-hybridized carbons (Fsp3) is 0.188. The van der Waals surface area contributed by atoms with Gasteiger partial charge in [-0.2, -0.15) is 0 Å². The molecule has 21 heavy (non-hydrogen) atoms. The van der Waals surface area contributed by atoms with Crippen LogP contribution in [-0.2, 0) is 0 Å². The lowest BCUT2D eigenvalue weighted by atomic mass is 9.99. The number of carbonyl (C=O) groups is 2. The number of carboxylic acids is 1. The Hall–Kier alpha value is -2.69. The van der Waals surface area contributed by atoms with Gasteiger partial charge in [0, 0.05) is 5.56 Å². The summed E-state index contributed by atoms with van der Waals surface area (Å²) in [5.41, 5.74) is 3.32. The third-order valence-corrected chi connectivity index (χ3v) is 3.11. The molecule has 0 bridgehead atoms. The summed E-state index contributed by atoms with van der Waals surface area (Å²) >= 11 is 0. The average Bonchev–Trinajstić information content (AvgIpc) is 2.37. The fourth-order valence-corrected chi connectivity index (χ4v) is 2.34. The lowest BCUT2D eigenvalue weighted by molar-refractivity contribution is 0.0690. The van der Waals surface area contributed by atoms with Gasteiger partial charge in [0.15, 0.2) is 5.69 Å². The van der Waals surface area contributed by atoms with Crippen molar-refractivity contribution in [2.24, 2.45) is 0 Å². The lowest BCUT2D eigenvalue weighted by Gasteiger charge is -2.11. The van der Waals surface area contributed by atoms with Crippen molar-refractivity contribution in [1.29, 1.82) is 0 Å². The molecule has 5 nitrogen and oxygen atoms in total. The van der Waals surface area contributed by atoms with Gasteiger partial charge in [0.2, 0.25) is 0 Å². The summed E-state index contributed by atoms with van der Waals surface area (Å²) in [6, 6.07) is 8.34. The molecule has 0 saturated carbocycles. The number of pyridine rings is 1. The highest BCUT2D eigenvalue weighted by molar-refractivity contribution is 6.06. The largest absolute Gasteiger partial charge is 0.477 e. The number of hydrogen-bond donors (Lipinski definition) is 2. The Morgan fingerprint density at radius 2 is 1.71 bits per heavy atom. The van der Waals surface area contributed by atoms with Gasteiger partial charge in [-0.1, -0.05) is 23.8 Å². The Balaban J connectivity index is 2.30. The van der Waals surface area contributed by atoms with Crippen molar-refractivity contribution in [3.63, 3.8) is 0 Å². The molecule has 2 N–H and O–H groups in total. The van der Waals surface area contributed by atoms with Crippen LogP contribution >= 0.6 is 0 Å². The second-order valence-corrected chi connectivity index (χ2v) is 4.94. The molecule has 0 saturated heterocycles. The van der Waals surface area contributed by atoms with E-state index in [1.807, 2.05) is 32.9 Å². The molecular formula is C16H16N2O3. The molecule has 0 radical (unpaired) electrons. The molecule has 0 atom stereocenters. The number of benzene rings is 1. The van der Waals surface area contributed by atoms with Crippen LogP contribution in [0.3, 0.4) is 0 Å². The van der Waals surface area contributed by atoms with Crippen molar-refractivity contribution < 1.29 is 14.7 Å². The molecule has 2 aromatic rings. The lowest BCUT2D eigenvalue weighted by Crippen LogP contribution is -2.17. The Labute approximate surface area is 122 Å². The maximum Gasteiger partial charge on any atom is 0.354 e. The van der Waals surface area contributed by atoms with Crippen LogP contribution in [0.1, 0.15) is 37.5 Å². The van der Waals surface area contributed by atoms with Crippen LogP contribution in [0.4, 0.5) is 5.82 Å². The topological polar surface area (TPSA) is 79.3 Å². The van der Waals surface area contributed by atoms with E-state index in [1.165, 1.54) is 6.07 Å². The third kappa shape index (κ3) is 3.25. The zero-order chi connectivity index (χ0) is 15.6. The molecule has 1 aromatic heterocycles. The molecule has 1 heterocycles. The minimum absolute atomic E-state index is 0.106. The summed E-state index contributed by atoms with van der Waals surface area (Å²) in [7, 11) is 0. The van der Waals surface area contributed by atoms with Gasteiger partial charge in [-0.15, -0.1) is 0 Å². The average molecular weight is 284 g/mol. The number of hydrogen-bond acceptors (Lipinski definition) is 3. The molecule has 0 spiro atoms. The first kappa shape index (κ1) is 14.7. The first-order valence-electron chi connectivity index (χ1n) is 6.48. The van der Waals surface area contributed by atoms with Gasteiger partial charge in [-0.25, -0.2) is 9.78 Å². The number of aromatic nitrogens is 1. The Bertz CT molecular complexity index is 700. The predicted molar refractivity (Wildman–Crippen MR) is 79.8 cm³/mol. The fourth-order valence-electron chi connectivity index (χ4n) is 2.34. The van der Waals surface area contributed by atoms with Gasteiger partial charge >= 0.3 is 5.97 Å². The highest BCUT2D eigenvalue weighted by atomic mass is 16.4. The van der Waals surface area contributed by atoms with E-state index in [9.17, 15) is 9.59 Å². The quantitative estimate of drug-likeness (QED) is 0.908. The van der Waals surface area contributed by atoms with Crippen LogP contribution in [0.5, 0.6) is 0 Å². The van der Waals surface area contributed by atoms with Gasteiger partial charge in [0.05, 0.1) is 0 Å². The van der Waals surface area contributed by atoms with Gasteiger partial charge in [-0.3, -0.25) is 4.79 Å². The second-order valence-electron chi connectivity index (χ2n) is 4.94. The summed E-state index contributed by atoms with van der Waals surface area (Å²) in [5.74, 6) is -1.20. The smallest absolute Gasteiger partial charge is 0.354 e. The second kappa shape index (κ2) is 5.75. The summed E-state index contributed by atoms with van der Waals surface area (Å²) < 4.78 is 0. The van der Waals surface area contributed by atoms with E-state index in [0.29, 0.717) is 5.56 Å². The Morgan fingerprint density at radius 1 is 1.10 bits per heavy atom. The number of carbonyl (C=O) groups excluding carboxylic acids is 1. The zero-order valence-electron chi connectivity index (χ0n) is 12.1. The molecule has 0 fully saturated rings. The molecule has 1 amide bonds. The first-order chi connectivity index (χ1) is 9.88. The zero-order valence-corrected chi connectivity index (χ0v) is 12.1. The number of nitrogens with zero attached hydrogens (tertiary/aromatic N) is 1. The van der Waals surface area contributed by atoms with Crippen molar-refractivity contribution >= 4 is 17.7 Å². The van der Waals surface area contributed by atoms with E-state index in [2.05, 4.69) is 10.3 Å². The standard InChI is InChI=1S/C16H16N2O3/c1-9-7-10(2)14(11(3)8-9)15(19)18-13-6-4-5-12(17-13)16(20)21/h4-8H,1-3H3,(H,20,21)(H,17,18,19). The normalized spacial score (nSPS) is 10.2. The van der Waals surface area contributed by atoms with Crippen LogP contribution in [-0.4, -0.2) is 22.0 Å². The van der Waals surface area contributed by atoms with E-state index in [0.717, 1.165) is 16.7 Å². The van der Waals surface area contributed by atoms with E-state index in [1.54, 1.807) is 12.1 Å². The molecule has 1 aromatic carbocycles. The number of rotatable bonds is 3. The minimum atomic E-state index is -1.13. The molecule has 0 unspecified atom stereocenters. The first-order valence-corrected chi connectivity index (χ1v) is 6.48. The number of carboxylic acid groups (broad SMARTS) is 1. The number of anilines is 1. The summed E-state index contributed by atoms with van der Waals surface area (Å²) in [5, 5.41) is 11.5. The highest BCUT2D eigenvalue weighted by Gasteiger charge is 2.14. The highest BCUT2D eigenvalue weighted by Crippen LogP contribution is 2.18. The number of nitrogens with one attached hydrogen (secondary N) is 1. The maximum atomic E-state index is 12.3. The molecule has 0 aliphatic rings. The summed E-state index contributed by atoms with van der Waals surface area (Å²) in [4.78, 5) is 27.1. The molecule has 0 aliphatic heterocycles. The Kier molecular flexibility index (Phi) is 4.03. The van der Waals surface area contributed by atoms with Crippen molar-refractivity contribution in [1.82, 2.24) is 4.98 Å². The monoisotopic (exact) mass is 284 g/mol. The van der Waals surface area contributed by atoms with Crippen LogP contribution in [0.2, 0.25) is 0 Å². The molecule has 0 aliphatic carbocycles. The van der Waals surface area contributed by atoms with Crippen LogP contribution < -0.4 is 5.32 Å². The SMILES string of the molecule is Cc1cc(C)c(C(=O)Nc2cccc(C(=O)O)n2)c(C)c1. The van der Waals surface area contributed by atoms with Crippen molar-refractivity contribution in [3.8, 4) is 0 Å². The molecule has 2 rings (SSSR count). The van der Waals surface area contributed by atoms with Crippen molar-refractivity contribution in [2.45, 2.75) is 20.8 Å². The molecule has 5 heteroatoms. The Morgan fingerprint density at radius 3 is 2.29 bits per heavy atom. The minimum Gasteiger partial charge on any atom is -0.477 e. The van der Waals surface area contributed by atoms with E-state index >= 15 is 0 Å². The van der Waals surface area contributed by atoms with Gasteiger partial charge in [-0.05, 0) is 44.0 Å². The van der Waals surface area contributed by atoms with Gasteiger partial charge in [0.25, 0.3) is 5.91 Å². The third-order valence-electron chi connectivity index (χ3n) is 3.11. The van der Waals surface area contributed by atoms with Crippen LogP contribution in [0, 0.1) is 20.8 Å². The van der Waals surface area contributed by atoms with E-state index < -0.39 is 5.97 Å². The van der Waals surface area contributed by atoms with Crippen LogP contribution in [0.15, 0.2) is 30.3 Å². The molecular weight excluding hydrogens is 268 g/mol. The number of aromatic carboxylic acids is 1. The number of amides is 1. The summed E-state index contributed by atoms with van der Waals surface area (Å²) in [6.45, 7) is 5.71. The van der Waals surface area contributed by atoms with Gasteiger partial charge in [0.1, 0.15) is 5.82 Å². The summed E-state index contributed by atoms with van der Waals surface area (Å²) in [6.07, 6.45) is 0. The van der Waals surface area contributed by atoms with Crippen LogP contribution in [0.25, 0.3) is 0 Å². The maximum absolute atomic E-state index is 12.3. The number of aryl methyl sites for hydroxylation is 3.